The fourth-order valence-corrected chi connectivity index (χ4v) is 2.82. The summed E-state index contributed by atoms with van der Waals surface area (Å²) in [6.45, 7) is 6.08. The Morgan fingerprint density at radius 3 is 2.33 bits per heavy atom. The molecule has 2 unspecified atom stereocenters. The average Bonchev–Trinajstić information content (AvgIpc) is 2.70. The Labute approximate surface area is 165 Å². The van der Waals surface area contributed by atoms with Crippen LogP contribution in [0.5, 0.6) is 5.75 Å². The number of carbonyl (C=O) groups is 2. The molecule has 2 N–H and O–H groups in total. The Morgan fingerprint density at radius 1 is 1.00 bits per heavy atom. The quantitative estimate of drug-likeness (QED) is 0.687. The molecule has 0 bridgehead atoms. The summed E-state index contributed by atoms with van der Waals surface area (Å²) in [5.74, 6) is 0.105. The molecule has 144 valence electrons. The first-order valence-corrected chi connectivity index (χ1v) is 9.46. The van der Waals surface area contributed by atoms with Crippen molar-refractivity contribution in [1.29, 1.82) is 0 Å². The van der Waals surface area contributed by atoms with Crippen LogP contribution in [-0.2, 0) is 4.79 Å². The molecule has 0 aliphatic rings. The zero-order valence-electron chi connectivity index (χ0n) is 15.8. The van der Waals surface area contributed by atoms with E-state index in [1.807, 2.05) is 31.2 Å². The molecule has 6 heteroatoms. The van der Waals surface area contributed by atoms with E-state index in [9.17, 15) is 9.59 Å². The van der Waals surface area contributed by atoms with Gasteiger partial charge in [-0.05, 0) is 42.5 Å². The zero-order valence-corrected chi connectivity index (χ0v) is 16.5. The first-order chi connectivity index (χ1) is 13.0. The predicted octanol–water partition coefficient (Wildman–Crippen LogP) is 4.47. The van der Waals surface area contributed by atoms with E-state index in [-0.39, 0.29) is 5.56 Å². The summed E-state index contributed by atoms with van der Waals surface area (Å²) in [5.41, 5.74) is 6.15. The Balaban J connectivity index is 2.02. The van der Waals surface area contributed by atoms with E-state index < -0.39 is 17.9 Å². The minimum Gasteiger partial charge on any atom is -0.480 e. The van der Waals surface area contributed by atoms with Gasteiger partial charge >= 0.3 is 0 Å². The number of carbonyl (C=O) groups excluding carboxylic acids is 2. The molecule has 2 rings (SSSR count). The summed E-state index contributed by atoms with van der Waals surface area (Å²) in [7, 11) is 0. The first-order valence-electron chi connectivity index (χ1n) is 9.08. The minimum absolute atomic E-state index is 0.288. The van der Waals surface area contributed by atoms with Gasteiger partial charge in [-0.15, -0.1) is 0 Å². The standard InChI is InChI=1S/C21H25ClN2O3/c1-4-14(3)15-10-7-9-13-19(15)27-18(5-2)21(26)24-23-20(25)16-11-6-8-12-17(16)22/h6-14,18H,4-5H2,1-3H3,(H,23,25)(H,24,26). The van der Waals surface area contributed by atoms with Crippen LogP contribution in [0.4, 0.5) is 0 Å². The van der Waals surface area contributed by atoms with E-state index in [1.165, 1.54) is 0 Å². The minimum atomic E-state index is -0.721. The van der Waals surface area contributed by atoms with Crippen LogP contribution < -0.4 is 15.6 Å². The highest BCUT2D eigenvalue weighted by Crippen LogP contribution is 2.29. The first kappa shape index (κ1) is 20.8. The molecule has 0 aliphatic carbocycles. The number of ether oxygens (including phenoxy) is 1. The van der Waals surface area contributed by atoms with Crippen LogP contribution in [0, 0.1) is 0 Å². The third kappa shape index (κ3) is 5.47. The van der Waals surface area contributed by atoms with Crippen molar-refractivity contribution in [2.45, 2.75) is 45.6 Å². The van der Waals surface area contributed by atoms with Gasteiger partial charge in [0.25, 0.3) is 11.8 Å². The second kappa shape index (κ2) is 9.97. The number of nitrogens with one attached hydrogen (secondary N) is 2. The van der Waals surface area contributed by atoms with Crippen molar-refractivity contribution < 1.29 is 14.3 Å². The number of hydrogen-bond acceptors (Lipinski definition) is 3. The third-order valence-electron chi connectivity index (χ3n) is 4.41. The van der Waals surface area contributed by atoms with E-state index in [1.54, 1.807) is 24.3 Å². The fourth-order valence-electron chi connectivity index (χ4n) is 2.60. The number of para-hydroxylation sites is 1. The molecule has 0 spiro atoms. The summed E-state index contributed by atoms with van der Waals surface area (Å²) in [5, 5.41) is 0.315. The largest absolute Gasteiger partial charge is 0.480 e. The van der Waals surface area contributed by atoms with Crippen molar-refractivity contribution in [1.82, 2.24) is 10.9 Å². The Kier molecular flexibility index (Phi) is 7.67. The molecule has 0 aromatic heterocycles. The summed E-state index contributed by atoms with van der Waals surface area (Å²) < 4.78 is 5.95. The van der Waals surface area contributed by atoms with E-state index in [2.05, 4.69) is 24.7 Å². The number of hydrogen-bond donors (Lipinski definition) is 2. The third-order valence-corrected chi connectivity index (χ3v) is 4.74. The van der Waals surface area contributed by atoms with Gasteiger partial charge in [0.1, 0.15) is 5.75 Å². The molecular formula is C21H25ClN2O3. The molecule has 2 amide bonds. The van der Waals surface area contributed by atoms with Crippen LogP contribution in [0.1, 0.15) is 55.5 Å². The van der Waals surface area contributed by atoms with Crippen molar-refractivity contribution in [2.75, 3.05) is 0 Å². The van der Waals surface area contributed by atoms with E-state index in [0.29, 0.717) is 23.1 Å². The molecule has 2 aromatic rings. The Hall–Kier alpha value is -2.53. The summed E-state index contributed by atoms with van der Waals surface area (Å²) in [6.07, 6.45) is 0.710. The Bertz CT molecular complexity index is 795. The van der Waals surface area contributed by atoms with Crippen molar-refractivity contribution in [2.24, 2.45) is 0 Å². The van der Waals surface area contributed by atoms with Crippen molar-refractivity contribution in [3.05, 3.63) is 64.7 Å². The molecule has 2 atom stereocenters. The summed E-state index contributed by atoms with van der Waals surface area (Å²) >= 11 is 5.99. The van der Waals surface area contributed by atoms with Gasteiger partial charge in [0.2, 0.25) is 0 Å². The maximum atomic E-state index is 12.5. The van der Waals surface area contributed by atoms with Crippen LogP contribution in [0.25, 0.3) is 0 Å². The van der Waals surface area contributed by atoms with Crippen molar-refractivity contribution in [3.8, 4) is 5.75 Å². The normalized spacial score (nSPS) is 12.7. The monoisotopic (exact) mass is 388 g/mol. The van der Waals surface area contributed by atoms with E-state index in [4.69, 9.17) is 16.3 Å². The maximum Gasteiger partial charge on any atom is 0.279 e. The molecule has 27 heavy (non-hydrogen) atoms. The van der Waals surface area contributed by atoms with Gasteiger partial charge in [0.05, 0.1) is 10.6 Å². The van der Waals surface area contributed by atoms with Crippen LogP contribution in [-0.4, -0.2) is 17.9 Å². The number of amides is 2. The highest BCUT2D eigenvalue weighted by molar-refractivity contribution is 6.33. The van der Waals surface area contributed by atoms with Gasteiger partial charge in [-0.1, -0.05) is 62.7 Å². The van der Waals surface area contributed by atoms with Gasteiger partial charge in [0.15, 0.2) is 6.10 Å². The SMILES string of the molecule is CCC(Oc1ccccc1C(C)CC)C(=O)NNC(=O)c1ccccc1Cl. The highest BCUT2D eigenvalue weighted by Gasteiger charge is 2.21. The van der Waals surface area contributed by atoms with Crippen LogP contribution in [0.3, 0.4) is 0 Å². The van der Waals surface area contributed by atoms with Gasteiger partial charge < -0.3 is 4.74 Å². The van der Waals surface area contributed by atoms with Crippen molar-refractivity contribution >= 4 is 23.4 Å². The molecule has 0 saturated heterocycles. The lowest BCUT2D eigenvalue weighted by Crippen LogP contribution is -2.48. The van der Waals surface area contributed by atoms with Gasteiger partial charge in [-0.25, -0.2) is 0 Å². The lowest BCUT2D eigenvalue weighted by Gasteiger charge is -2.21. The zero-order chi connectivity index (χ0) is 19.8. The predicted molar refractivity (Wildman–Crippen MR) is 107 cm³/mol. The fraction of sp³-hybridized carbons (Fsp3) is 0.333. The molecule has 0 saturated carbocycles. The maximum absolute atomic E-state index is 12.5. The van der Waals surface area contributed by atoms with Gasteiger partial charge in [-0.3, -0.25) is 20.4 Å². The number of benzene rings is 2. The topological polar surface area (TPSA) is 67.4 Å². The molecule has 2 aromatic carbocycles. The van der Waals surface area contributed by atoms with Crippen LogP contribution in [0.15, 0.2) is 48.5 Å². The Morgan fingerprint density at radius 2 is 1.67 bits per heavy atom. The molecule has 0 radical (unpaired) electrons. The average molecular weight is 389 g/mol. The number of hydrazine groups is 1. The van der Waals surface area contributed by atoms with Crippen molar-refractivity contribution in [3.63, 3.8) is 0 Å². The lowest BCUT2D eigenvalue weighted by molar-refractivity contribution is -0.128. The summed E-state index contributed by atoms with van der Waals surface area (Å²) in [6, 6.07) is 14.3. The smallest absolute Gasteiger partial charge is 0.279 e. The van der Waals surface area contributed by atoms with Crippen LogP contribution >= 0.6 is 11.6 Å². The number of rotatable bonds is 7. The van der Waals surface area contributed by atoms with E-state index in [0.717, 1.165) is 12.0 Å². The molecule has 0 heterocycles. The molecule has 0 fully saturated rings. The second-order valence-corrected chi connectivity index (χ2v) is 6.69. The molecular weight excluding hydrogens is 364 g/mol. The van der Waals surface area contributed by atoms with E-state index >= 15 is 0 Å². The molecule has 5 nitrogen and oxygen atoms in total. The van der Waals surface area contributed by atoms with Crippen LogP contribution in [0.2, 0.25) is 5.02 Å². The highest BCUT2D eigenvalue weighted by atomic mass is 35.5. The number of halogens is 1. The lowest BCUT2D eigenvalue weighted by atomic mass is 9.98. The second-order valence-electron chi connectivity index (χ2n) is 6.29. The van der Waals surface area contributed by atoms with Gasteiger partial charge in [0, 0.05) is 0 Å². The summed E-state index contributed by atoms with van der Waals surface area (Å²) in [4.78, 5) is 24.6. The van der Waals surface area contributed by atoms with Gasteiger partial charge in [-0.2, -0.15) is 0 Å². The molecule has 0 aliphatic heterocycles.